The van der Waals surface area contributed by atoms with Gasteiger partial charge in [-0.25, -0.2) is 9.37 Å². The number of rotatable bonds is 1. The number of fused-ring (bicyclic) bond motifs is 1. The molecule has 90 valence electrons. The van der Waals surface area contributed by atoms with Gasteiger partial charge in [-0.05, 0) is 37.3 Å². The summed E-state index contributed by atoms with van der Waals surface area (Å²) >= 11 is 5.78. The van der Waals surface area contributed by atoms with Crippen LogP contribution >= 0.6 is 11.6 Å². The maximum Gasteiger partial charge on any atom is 0.141 e. The van der Waals surface area contributed by atoms with Crippen molar-refractivity contribution in [2.45, 2.75) is 6.92 Å². The Hall–Kier alpha value is -1.87. The lowest BCUT2D eigenvalue weighted by Crippen LogP contribution is -1.86. The zero-order valence-electron chi connectivity index (χ0n) is 9.69. The number of hydrogen-bond acceptors (Lipinski definition) is 1. The highest BCUT2D eigenvalue weighted by Crippen LogP contribution is 2.24. The molecule has 18 heavy (non-hydrogen) atoms. The van der Waals surface area contributed by atoms with E-state index >= 15 is 0 Å². The number of pyridine rings is 1. The van der Waals surface area contributed by atoms with Crippen molar-refractivity contribution in [3.63, 3.8) is 0 Å². The third kappa shape index (κ3) is 1.77. The molecule has 0 aliphatic carbocycles. The molecule has 1 aromatic carbocycles. The van der Waals surface area contributed by atoms with E-state index in [-0.39, 0.29) is 5.02 Å². The Kier molecular flexibility index (Phi) is 2.56. The normalized spacial score (nSPS) is 11.1. The minimum Gasteiger partial charge on any atom is -0.304 e. The number of aryl methyl sites for hydroxylation is 1. The molecule has 0 fully saturated rings. The monoisotopic (exact) mass is 260 g/mol. The summed E-state index contributed by atoms with van der Waals surface area (Å²) in [4.78, 5) is 4.50. The molecular formula is C14H10ClFN2. The van der Waals surface area contributed by atoms with Crippen molar-refractivity contribution in [3.8, 4) is 11.3 Å². The van der Waals surface area contributed by atoms with E-state index in [4.69, 9.17) is 11.6 Å². The fourth-order valence-electron chi connectivity index (χ4n) is 1.94. The molecule has 4 heteroatoms. The van der Waals surface area contributed by atoms with Gasteiger partial charge in [0.1, 0.15) is 11.5 Å². The number of hydrogen-bond donors (Lipinski definition) is 0. The molecule has 0 atom stereocenters. The highest BCUT2D eigenvalue weighted by atomic mass is 35.5. The van der Waals surface area contributed by atoms with Crippen molar-refractivity contribution >= 4 is 17.2 Å². The van der Waals surface area contributed by atoms with Crippen LogP contribution in [0.2, 0.25) is 5.02 Å². The highest BCUT2D eigenvalue weighted by molar-refractivity contribution is 6.31. The maximum absolute atomic E-state index is 13.1. The minimum atomic E-state index is -0.416. The van der Waals surface area contributed by atoms with Crippen LogP contribution in [0, 0.1) is 12.7 Å². The van der Waals surface area contributed by atoms with Gasteiger partial charge >= 0.3 is 0 Å². The smallest absolute Gasteiger partial charge is 0.141 e. The molecule has 2 aromatic heterocycles. The van der Waals surface area contributed by atoms with Crippen molar-refractivity contribution in [2.24, 2.45) is 0 Å². The summed E-state index contributed by atoms with van der Waals surface area (Å²) in [7, 11) is 0. The molecule has 2 heterocycles. The lowest BCUT2D eigenvalue weighted by molar-refractivity contribution is 0.628. The van der Waals surface area contributed by atoms with Crippen molar-refractivity contribution < 1.29 is 4.39 Å². The average molecular weight is 261 g/mol. The Bertz CT molecular complexity index is 734. The molecule has 0 aliphatic rings. The van der Waals surface area contributed by atoms with E-state index < -0.39 is 5.82 Å². The number of aromatic nitrogens is 2. The third-order valence-electron chi connectivity index (χ3n) is 2.91. The molecule has 0 radical (unpaired) electrons. The number of nitrogens with zero attached hydrogens (tertiary/aromatic N) is 2. The molecule has 0 N–H and O–H groups in total. The second-order valence-electron chi connectivity index (χ2n) is 4.15. The van der Waals surface area contributed by atoms with Gasteiger partial charge in [0.05, 0.1) is 10.7 Å². The fraction of sp³-hybridized carbons (Fsp3) is 0.0714. The fourth-order valence-corrected chi connectivity index (χ4v) is 2.12. The summed E-state index contributed by atoms with van der Waals surface area (Å²) in [5.74, 6) is -0.416. The van der Waals surface area contributed by atoms with Gasteiger partial charge in [-0.1, -0.05) is 17.7 Å². The molecule has 0 bridgehead atoms. The van der Waals surface area contributed by atoms with Crippen molar-refractivity contribution in [1.82, 2.24) is 9.38 Å². The van der Waals surface area contributed by atoms with Crippen molar-refractivity contribution in [3.05, 3.63) is 59.1 Å². The van der Waals surface area contributed by atoms with Crippen LogP contribution in [-0.4, -0.2) is 9.38 Å². The Labute approximate surface area is 109 Å². The van der Waals surface area contributed by atoms with E-state index in [1.165, 1.54) is 6.07 Å². The summed E-state index contributed by atoms with van der Waals surface area (Å²) in [6.45, 7) is 2.01. The summed E-state index contributed by atoms with van der Waals surface area (Å²) in [6.07, 6.45) is 1.92. The van der Waals surface area contributed by atoms with E-state index in [1.807, 2.05) is 35.7 Å². The minimum absolute atomic E-state index is 0.112. The predicted molar refractivity (Wildman–Crippen MR) is 70.3 cm³/mol. The first-order chi connectivity index (χ1) is 8.65. The largest absolute Gasteiger partial charge is 0.304 e. The second kappa shape index (κ2) is 4.10. The van der Waals surface area contributed by atoms with Gasteiger partial charge in [0.2, 0.25) is 0 Å². The summed E-state index contributed by atoms with van der Waals surface area (Å²) in [5, 5.41) is 0.112. The van der Waals surface area contributed by atoms with E-state index in [2.05, 4.69) is 4.98 Å². The maximum atomic E-state index is 13.1. The predicted octanol–water partition coefficient (Wildman–Crippen LogP) is 4.10. The highest BCUT2D eigenvalue weighted by Gasteiger charge is 2.07. The molecule has 0 amide bonds. The number of imidazole rings is 1. The van der Waals surface area contributed by atoms with E-state index in [0.717, 1.165) is 22.6 Å². The quantitative estimate of drug-likeness (QED) is 0.644. The average Bonchev–Trinajstić information content (AvgIpc) is 2.78. The molecule has 0 saturated heterocycles. The lowest BCUT2D eigenvalue weighted by Gasteiger charge is -1.98. The first kappa shape index (κ1) is 11.2. The standard InChI is InChI=1S/C14H10ClFN2/c1-9-3-2-4-14-17-13(8-18(9)14)10-5-6-12(16)11(15)7-10/h2-8H,1H3. The van der Waals surface area contributed by atoms with Gasteiger partial charge < -0.3 is 4.40 Å². The first-order valence-corrected chi connectivity index (χ1v) is 5.93. The van der Waals surface area contributed by atoms with Crippen molar-refractivity contribution in [1.29, 1.82) is 0 Å². The Balaban J connectivity index is 2.19. The second-order valence-corrected chi connectivity index (χ2v) is 4.56. The first-order valence-electron chi connectivity index (χ1n) is 5.55. The van der Waals surface area contributed by atoms with Crippen LogP contribution in [0.4, 0.5) is 4.39 Å². The van der Waals surface area contributed by atoms with Gasteiger partial charge in [0.25, 0.3) is 0 Å². The summed E-state index contributed by atoms with van der Waals surface area (Å²) in [5.41, 5.74) is 3.56. The summed E-state index contributed by atoms with van der Waals surface area (Å²) in [6, 6.07) is 10.5. The summed E-state index contributed by atoms with van der Waals surface area (Å²) < 4.78 is 15.1. The Morgan fingerprint density at radius 1 is 1.22 bits per heavy atom. The van der Waals surface area contributed by atoms with Crippen LogP contribution in [0.25, 0.3) is 16.9 Å². The molecule has 3 rings (SSSR count). The van der Waals surface area contributed by atoms with Gasteiger partial charge in [0, 0.05) is 17.5 Å². The molecule has 0 spiro atoms. The van der Waals surface area contributed by atoms with Gasteiger partial charge in [-0.2, -0.15) is 0 Å². The van der Waals surface area contributed by atoms with Gasteiger partial charge in [-0.15, -0.1) is 0 Å². The van der Waals surface area contributed by atoms with Crippen LogP contribution in [-0.2, 0) is 0 Å². The Morgan fingerprint density at radius 2 is 2.06 bits per heavy atom. The van der Waals surface area contributed by atoms with E-state index in [1.54, 1.807) is 12.1 Å². The van der Waals surface area contributed by atoms with Crippen LogP contribution in [0.1, 0.15) is 5.69 Å². The van der Waals surface area contributed by atoms with Crippen LogP contribution in [0.5, 0.6) is 0 Å². The molecule has 0 aliphatic heterocycles. The number of benzene rings is 1. The zero-order valence-corrected chi connectivity index (χ0v) is 10.4. The van der Waals surface area contributed by atoms with E-state index in [9.17, 15) is 4.39 Å². The SMILES string of the molecule is Cc1cccc2nc(-c3ccc(F)c(Cl)c3)cn12. The van der Waals surface area contributed by atoms with Gasteiger partial charge in [0.15, 0.2) is 0 Å². The Morgan fingerprint density at radius 3 is 2.78 bits per heavy atom. The van der Waals surface area contributed by atoms with Crippen LogP contribution in [0.3, 0.4) is 0 Å². The third-order valence-corrected chi connectivity index (χ3v) is 3.20. The lowest BCUT2D eigenvalue weighted by atomic mass is 10.2. The number of halogens is 2. The molecular weight excluding hydrogens is 251 g/mol. The van der Waals surface area contributed by atoms with Crippen molar-refractivity contribution in [2.75, 3.05) is 0 Å². The van der Waals surface area contributed by atoms with Crippen LogP contribution < -0.4 is 0 Å². The zero-order chi connectivity index (χ0) is 12.7. The van der Waals surface area contributed by atoms with E-state index in [0.29, 0.717) is 0 Å². The molecule has 0 saturated carbocycles. The topological polar surface area (TPSA) is 17.3 Å². The molecule has 2 nitrogen and oxygen atoms in total. The molecule has 0 unspecified atom stereocenters. The van der Waals surface area contributed by atoms with Crippen LogP contribution in [0.15, 0.2) is 42.6 Å². The van der Waals surface area contributed by atoms with Gasteiger partial charge in [-0.3, -0.25) is 0 Å². The molecule has 3 aromatic rings.